The number of benzene rings is 2. The molecule has 1 aliphatic heterocycles. The number of nitrogens with zero attached hydrogens (tertiary/aromatic N) is 2. The van der Waals surface area contributed by atoms with E-state index in [1.54, 1.807) is 31.4 Å². The molecule has 2 heterocycles. The number of imide groups is 1. The molecule has 3 aromatic rings. The molecule has 1 aromatic heterocycles. The van der Waals surface area contributed by atoms with Crippen LogP contribution in [0, 0.1) is 13.8 Å². The molecule has 1 fully saturated rings. The third-order valence-corrected chi connectivity index (χ3v) is 6.95. The van der Waals surface area contributed by atoms with Crippen molar-refractivity contribution in [3.8, 4) is 17.2 Å². The van der Waals surface area contributed by atoms with Gasteiger partial charge in [0, 0.05) is 17.1 Å². The summed E-state index contributed by atoms with van der Waals surface area (Å²) in [5, 5.41) is 9.19. The summed E-state index contributed by atoms with van der Waals surface area (Å²) in [6.45, 7) is 3.96. The van der Waals surface area contributed by atoms with Gasteiger partial charge in [0.1, 0.15) is 6.61 Å². The second kappa shape index (κ2) is 10.5. The summed E-state index contributed by atoms with van der Waals surface area (Å²) in [5.41, 5.74) is 3.00. The minimum Gasteiger partial charge on any atom is -0.493 e. The first-order chi connectivity index (χ1) is 17.2. The van der Waals surface area contributed by atoms with Gasteiger partial charge < -0.3 is 19.1 Å². The molecule has 36 heavy (non-hydrogen) atoms. The lowest BCUT2D eigenvalue weighted by atomic mass is 10.2. The molecule has 2 amide bonds. The second-order valence-corrected chi connectivity index (χ2v) is 9.36. The van der Waals surface area contributed by atoms with Crippen LogP contribution in [0.3, 0.4) is 0 Å². The number of halogens is 1. The van der Waals surface area contributed by atoms with E-state index in [1.165, 1.54) is 12.1 Å². The molecule has 186 valence electrons. The highest BCUT2D eigenvalue weighted by molar-refractivity contribution is 8.18. The number of carbonyl (C=O) groups is 3. The SMILES string of the molecule is COc1ccccc1OCCN1C(=O)S/C(=C\c2cc(C)n(-c3ccc(Cl)c(C(=O)O)c3)c2C)C1=O. The lowest BCUT2D eigenvalue weighted by molar-refractivity contribution is -0.123. The number of carbonyl (C=O) groups excluding carboxylic acids is 2. The number of methoxy groups -OCH3 is 1. The molecular formula is C26H23ClN2O6S. The molecule has 0 unspecified atom stereocenters. The van der Waals surface area contributed by atoms with Gasteiger partial charge >= 0.3 is 5.97 Å². The van der Waals surface area contributed by atoms with E-state index in [2.05, 4.69) is 0 Å². The average Bonchev–Trinajstić information content (AvgIpc) is 3.28. The van der Waals surface area contributed by atoms with Crippen LogP contribution >= 0.6 is 23.4 Å². The highest BCUT2D eigenvalue weighted by Crippen LogP contribution is 2.34. The number of aromatic carboxylic acids is 1. The molecule has 2 aromatic carbocycles. The maximum absolute atomic E-state index is 13.0. The van der Waals surface area contributed by atoms with E-state index in [1.807, 2.05) is 36.6 Å². The van der Waals surface area contributed by atoms with Gasteiger partial charge in [0.25, 0.3) is 11.1 Å². The lowest BCUT2D eigenvalue weighted by Crippen LogP contribution is -2.32. The van der Waals surface area contributed by atoms with Crippen LogP contribution in [0.15, 0.2) is 53.4 Å². The number of thioether (sulfide) groups is 1. The molecule has 1 saturated heterocycles. The number of carboxylic acids is 1. The Morgan fingerprint density at radius 1 is 1.11 bits per heavy atom. The van der Waals surface area contributed by atoms with Crippen molar-refractivity contribution in [3.05, 3.63) is 81.0 Å². The minimum absolute atomic E-state index is 0.000299. The Bertz CT molecular complexity index is 1400. The first-order valence-electron chi connectivity index (χ1n) is 10.9. The number of aromatic nitrogens is 1. The van der Waals surface area contributed by atoms with E-state index >= 15 is 0 Å². The van der Waals surface area contributed by atoms with Gasteiger partial charge in [0.15, 0.2) is 11.5 Å². The largest absolute Gasteiger partial charge is 0.493 e. The molecule has 0 atom stereocenters. The first-order valence-corrected chi connectivity index (χ1v) is 12.1. The van der Waals surface area contributed by atoms with Gasteiger partial charge in [-0.25, -0.2) is 4.79 Å². The van der Waals surface area contributed by atoms with Gasteiger partial charge in [0.05, 0.1) is 29.1 Å². The molecule has 4 rings (SSSR count). The molecule has 1 N–H and O–H groups in total. The Morgan fingerprint density at radius 2 is 1.83 bits per heavy atom. The summed E-state index contributed by atoms with van der Waals surface area (Å²) in [4.78, 5) is 38.5. The fourth-order valence-corrected chi connectivity index (χ4v) is 5.02. The zero-order valence-electron chi connectivity index (χ0n) is 19.8. The zero-order valence-corrected chi connectivity index (χ0v) is 21.4. The first kappa shape index (κ1) is 25.4. The van der Waals surface area contributed by atoms with Crippen molar-refractivity contribution in [2.75, 3.05) is 20.3 Å². The third-order valence-electron chi connectivity index (χ3n) is 5.71. The highest BCUT2D eigenvalue weighted by atomic mass is 35.5. The highest BCUT2D eigenvalue weighted by Gasteiger charge is 2.35. The average molecular weight is 527 g/mol. The zero-order chi connectivity index (χ0) is 26.0. The number of hydrogen-bond donors (Lipinski definition) is 1. The van der Waals surface area contributed by atoms with Crippen LogP contribution in [0.4, 0.5) is 4.79 Å². The van der Waals surface area contributed by atoms with Crippen LogP contribution in [0.5, 0.6) is 11.5 Å². The fraction of sp³-hybridized carbons (Fsp3) is 0.192. The molecule has 1 aliphatic rings. The Kier molecular flexibility index (Phi) is 7.42. The Labute approximate surface area is 217 Å². The maximum Gasteiger partial charge on any atom is 0.337 e. The van der Waals surface area contributed by atoms with E-state index in [-0.39, 0.29) is 29.0 Å². The number of hydrogen-bond acceptors (Lipinski definition) is 6. The smallest absolute Gasteiger partial charge is 0.337 e. The van der Waals surface area contributed by atoms with Crippen molar-refractivity contribution in [1.29, 1.82) is 0 Å². The van der Waals surface area contributed by atoms with Crippen molar-refractivity contribution in [2.45, 2.75) is 13.8 Å². The van der Waals surface area contributed by atoms with E-state index < -0.39 is 11.9 Å². The summed E-state index contributed by atoms with van der Waals surface area (Å²) in [5.74, 6) is -0.410. The second-order valence-electron chi connectivity index (χ2n) is 7.96. The fourth-order valence-electron chi connectivity index (χ4n) is 3.97. The van der Waals surface area contributed by atoms with Gasteiger partial charge in [-0.15, -0.1) is 0 Å². The molecule has 0 bridgehead atoms. The number of amides is 2. The van der Waals surface area contributed by atoms with E-state index in [9.17, 15) is 19.5 Å². The minimum atomic E-state index is -1.12. The third kappa shape index (κ3) is 4.98. The van der Waals surface area contributed by atoms with Crippen LogP contribution in [0.2, 0.25) is 5.02 Å². The number of carboxylic acid groups (broad SMARTS) is 1. The summed E-state index contributed by atoms with van der Waals surface area (Å²) < 4.78 is 12.8. The van der Waals surface area contributed by atoms with Crippen molar-refractivity contribution < 1.29 is 29.0 Å². The van der Waals surface area contributed by atoms with Crippen LogP contribution in [0.1, 0.15) is 27.3 Å². The quantitative estimate of drug-likeness (QED) is 0.383. The molecule has 8 nitrogen and oxygen atoms in total. The Morgan fingerprint density at radius 3 is 2.53 bits per heavy atom. The molecule has 0 aliphatic carbocycles. The summed E-state index contributed by atoms with van der Waals surface area (Å²) in [7, 11) is 1.54. The van der Waals surface area contributed by atoms with Crippen LogP contribution < -0.4 is 9.47 Å². The number of rotatable bonds is 8. The van der Waals surface area contributed by atoms with Crippen LogP contribution in [-0.2, 0) is 4.79 Å². The predicted octanol–water partition coefficient (Wildman–Crippen LogP) is 5.57. The van der Waals surface area contributed by atoms with Gasteiger partial charge in [-0.1, -0.05) is 23.7 Å². The number of aryl methyl sites for hydroxylation is 1. The van der Waals surface area contributed by atoms with E-state index in [0.29, 0.717) is 22.1 Å². The molecule has 0 radical (unpaired) electrons. The molecule has 0 saturated carbocycles. The molecule has 10 heteroatoms. The topological polar surface area (TPSA) is 98.1 Å². The predicted molar refractivity (Wildman–Crippen MR) is 138 cm³/mol. The summed E-state index contributed by atoms with van der Waals surface area (Å²) in [6.07, 6.45) is 1.68. The van der Waals surface area contributed by atoms with E-state index in [4.69, 9.17) is 21.1 Å². The van der Waals surface area contributed by atoms with Crippen molar-refractivity contribution in [3.63, 3.8) is 0 Å². The van der Waals surface area contributed by atoms with Crippen molar-refractivity contribution in [1.82, 2.24) is 9.47 Å². The normalized spacial score (nSPS) is 14.6. The standard InChI is InChI=1S/C26H23ClN2O6S/c1-15-12-17(16(2)29(15)18-8-9-20(27)19(14-18)25(31)32)13-23-24(30)28(26(33)36-23)10-11-35-22-7-5-4-6-21(22)34-3/h4-9,12-14H,10-11H2,1-3H3,(H,31,32)/b23-13-. The Balaban J connectivity index is 1.53. The maximum atomic E-state index is 13.0. The monoisotopic (exact) mass is 526 g/mol. The number of ether oxygens (including phenoxy) is 2. The number of para-hydroxylation sites is 2. The lowest BCUT2D eigenvalue weighted by Gasteiger charge is -2.14. The summed E-state index contributed by atoms with van der Waals surface area (Å²) in [6, 6.07) is 13.8. The van der Waals surface area contributed by atoms with Gasteiger partial charge in [-0.3, -0.25) is 14.5 Å². The summed E-state index contributed by atoms with van der Waals surface area (Å²) >= 11 is 6.89. The van der Waals surface area contributed by atoms with E-state index in [0.717, 1.165) is 33.6 Å². The molecule has 0 spiro atoms. The van der Waals surface area contributed by atoms with Gasteiger partial charge in [-0.05, 0) is 73.6 Å². The van der Waals surface area contributed by atoms with Crippen LogP contribution in [-0.4, -0.2) is 52.0 Å². The van der Waals surface area contributed by atoms with Gasteiger partial charge in [0.2, 0.25) is 0 Å². The van der Waals surface area contributed by atoms with Crippen molar-refractivity contribution in [2.24, 2.45) is 0 Å². The Hall–Kier alpha value is -3.69. The van der Waals surface area contributed by atoms with Gasteiger partial charge in [-0.2, -0.15) is 0 Å². The molecular weight excluding hydrogens is 504 g/mol. The van der Waals surface area contributed by atoms with Crippen molar-refractivity contribution >= 4 is 46.6 Å². The van der Waals surface area contributed by atoms with Crippen LogP contribution in [0.25, 0.3) is 11.8 Å².